The molecular formula is C26H20F5N5O5S. The average Bonchev–Trinajstić information content (AvgIpc) is 2.94. The van der Waals surface area contributed by atoms with E-state index in [9.17, 15) is 30.8 Å². The number of methoxy groups -OCH3 is 1. The fourth-order valence-electron chi connectivity index (χ4n) is 3.71. The molecule has 0 unspecified atom stereocenters. The fourth-order valence-corrected chi connectivity index (χ4v) is 4.62. The van der Waals surface area contributed by atoms with Crippen LogP contribution in [0.25, 0.3) is 11.1 Å². The number of anilines is 3. The number of pyridine rings is 1. The van der Waals surface area contributed by atoms with E-state index in [4.69, 9.17) is 4.74 Å². The molecule has 0 atom stereocenters. The minimum atomic E-state index is -5.19. The van der Waals surface area contributed by atoms with E-state index in [0.717, 1.165) is 35.4 Å². The van der Waals surface area contributed by atoms with E-state index in [-0.39, 0.29) is 45.6 Å². The highest BCUT2D eigenvalue weighted by atomic mass is 32.2. The summed E-state index contributed by atoms with van der Waals surface area (Å²) in [7, 11) is -2.95. The van der Waals surface area contributed by atoms with Crippen molar-refractivity contribution < 1.29 is 44.6 Å². The van der Waals surface area contributed by atoms with E-state index in [1.807, 2.05) is 0 Å². The predicted octanol–water partition coefficient (Wildman–Crippen LogP) is 5.60. The third-order valence-electron chi connectivity index (χ3n) is 5.58. The largest absolute Gasteiger partial charge is 0.573 e. The van der Waals surface area contributed by atoms with Gasteiger partial charge in [0.25, 0.3) is 10.0 Å². The van der Waals surface area contributed by atoms with Crippen LogP contribution in [0.2, 0.25) is 0 Å². The molecule has 0 saturated heterocycles. The van der Waals surface area contributed by atoms with Gasteiger partial charge in [-0.2, -0.15) is 0 Å². The quantitative estimate of drug-likeness (QED) is 0.243. The number of sulfonamides is 1. The van der Waals surface area contributed by atoms with E-state index >= 15 is 4.39 Å². The maximum absolute atomic E-state index is 15.4. The minimum absolute atomic E-state index is 0.0861. The number of carbonyl (C=O) groups is 1. The SMILES string of the molecule is CCC(=O)N(c1ccc(S(=O)(=O)Nc2ncccn2)cn1)c1cc(F)c(-c2ccc(F)c(OC(F)(F)F)c2)cc1OC. The second-order valence-corrected chi connectivity index (χ2v) is 9.99. The first kappa shape index (κ1) is 30.1. The van der Waals surface area contributed by atoms with Crippen molar-refractivity contribution in [1.82, 2.24) is 15.0 Å². The summed E-state index contributed by atoms with van der Waals surface area (Å²) in [4.78, 5) is 25.3. The molecule has 4 aromatic rings. The van der Waals surface area contributed by atoms with Crippen molar-refractivity contribution in [3.8, 4) is 22.6 Å². The summed E-state index contributed by atoms with van der Waals surface area (Å²) in [6.45, 7) is 1.52. The monoisotopic (exact) mass is 609 g/mol. The Morgan fingerprint density at radius 2 is 1.69 bits per heavy atom. The zero-order valence-electron chi connectivity index (χ0n) is 21.7. The summed E-state index contributed by atoms with van der Waals surface area (Å²) in [5.74, 6) is -4.44. The molecule has 220 valence electrons. The lowest BCUT2D eigenvalue weighted by Crippen LogP contribution is -2.26. The lowest BCUT2D eigenvalue weighted by molar-refractivity contribution is -0.275. The molecule has 0 aliphatic carbocycles. The van der Waals surface area contributed by atoms with Crippen molar-refractivity contribution >= 4 is 33.4 Å². The molecule has 0 aliphatic rings. The van der Waals surface area contributed by atoms with Crippen LogP contribution in [0.3, 0.4) is 0 Å². The lowest BCUT2D eigenvalue weighted by Gasteiger charge is -2.24. The van der Waals surface area contributed by atoms with Crippen LogP contribution in [0, 0.1) is 11.6 Å². The zero-order chi connectivity index (χ0) is 30.7. The minimum Gasteiger partial charge on any atom is -0.495 e. The summed E-state index contributed by atoms with van der Waals surface area (Å²) in [5.41, 5.74) is -0.595. The summed E-state index contributed by atoms with van der Waals surface area (Å²) in [5, 5.41) is 0. The van der Waals surface area contributed by atoms with Gasteiger partial charge in [0.2, 0.25) is 11.9 Å². The average molecular weight is 610 g/mol. The van der Waals surface area contributed by atoms with Crippen LogP contribution < -0.4 is 19.1 Å². The fraction of sp³-hybridized carbons (Fsp3) is 0.154. The molecule has 42 heavy (non-hydrogen) atoms. The van der Waals surface area contributed by atoms with Gasteiger partial charge in [-0.3, -0.25) is 9.69 Å². The normalized spacial score (nSPS) is 11.6. The molecule has 1 N–H and O–H groups in total. The number of halogens is 5. The van der Waals surface area contributed by atoms with Crippen molar-refractivity contribution in [1.29, 1.82) is 0 Å². The van der Waals surface area contributed by atoms with E-state index in [2.05, 4.69) is 24.4 Å². The van der Waals surface area contributed by atoms with E-state index in [1.165, 1.54) is 38.6 Å². The van der Waals surface area contributed by atoms with Gasteiger partial charge in [0.1, 0.15) is 22.3 Å². The van der Waals surface area contributed by atoms with E-state index < -0.39 is 39.7 Å². The van der Waals surface area contributed by atoms with Gasteiger partial charge >= 0.3 is 6.36 Å². The van der Waals surface area contributed by atoms with Crippen molar-refractivity contribution in [2.24, 2.45) is 0 Å². The number of alkyl halides is 3. The maximum Gasteiger partial charge on any atom is 0.573 e. The number of ether oxygens (including phenoxy) is 2. The highest BCUT2D eigenvalue weighted by molar-refractivity contribution is 7.92. The molecule has 0 fully saturated rings. The van der Waals surface area contributed by atoms with Gasteiger partial charge in [-0.05, 0) is 42.0 Å². The third kappa shape index (κ3) is 6.71. The molecule has 4 rings (SSSR count). The highest BCUT2D eigenvalue weighted by Gasteiger charge is 2.33. The molecule has 0 bridgehead atoms. The van der Waals surface area contributed by atoms with Crippen LogP contribution in [-0.2, 0) is 14.8 Å². The molecule has 0 radical (unpaired) electrons. The number of hydrogen-bond acceptors (Lipinski definition) is 8. The summed E-state index contributed by atoms with van der Waals surface area (Å²) in [6, 6.07) is 8.24. The number of nitrogens with zero attached hydrogens (tertiary/aromatic N) is 4. The molecule has 0 saturated carbocycles. The molecule has 2 aromatic heterocycles. The van der Waals surface area contributed by atoms with Crippen molar-refractivity contribution in [2.75, 3.05) is 16.7 Å². The lowest BCUT2D eigenvalue weighted by atomic mass is 10.0. The number of carbonyl (C=O) groups excluding carboxylic acids is 1. The number of hydrogen-bond donors (Lipinski definition) is 1. The number of aromatic nitrogens is 3. The molecule has 16 heteroatoms. The molecule has 1 amide bonds. The Bertz CT molecular complexity index is 1710. The predicted molar refractivity (Wildman–Crippen MR) is 140 cm³/mol. The Morgan fingerprint density at radius 3 is 2.29 bits per heavy atom. The van der Waals surface area contributed by atoms with Gasteiger partial charge < -0.3 is 9.47 Å². The van der Waals surface area contributed by atoms with Gasteiger partial charge in [0.05, 0.1) is 12.8 Å². The number of benzene rings is 2. The third-order valence-corrected chi connectivity index (χ3v) is 6.89. The maximum atomic E-state index is 15.4. The first-order valence-corrected chi connectivity index (χ1v) is 13.3. The molecule has 0 aliphatic heterocycles. The van der Waals surface area contributed by atoms with E-state index in [1.54, 1.807) is 0 Å². The van der Waals surface area contributed by atoms with Crippen LogP contribution in [0.5, 0.6) is 11.5 Å². The van der Waals surface area contributed by atoms with Crippen LogP contribution >= 0.6 is 0 Å². The van der Waals surface area contributed by atoms with Crippen LogP contribution in [0.1, 0.15) is 13.3 Å². The highest BCUT2D eigenvalue weighted by Crippen LogP contribution is 2.40. The Hall–Kier alpha value is -4.86. The number of rotatable bonds is 9. The Labute approximate surface area is 235 Å². The zero-order valence-corrected chi connectivity index (χ0v) is 22.5. The smallest absolute Gasteiger partial charge is 0.495 e. The molecule has 2 aromatic carbocycles. The Balaban J connectivity index is 1.73. The summed E-state index contributed by atoms with van der Waals surface area (Å²) in [6.07, 6.45) is -1.63. The van der Waals surface area contributed by atoms with Gasteiger partial charge in [-0.15, -0.1) is 13.2 Å². The van der Waals surface area contributed by atoms with Crippen LogP contribution in [-0.4, -0.2) is 42.7 Å². The van der Waals surface area contributed by atoms with Crippen molar-refractivity contribution in [3.05, 3.63) is 78.8 Å². The summed E-state index contributed by atoms with van der Waals surface area (Å²) < 4.78 is 104. The molecule has 10 nitrogen and oxygen atoms in total. The van der Waals surface area contributed by atoms with Crippen LogP contribution in [0.15, 0.2) is 72.0 Å². The van der Waals surface area contributed by atoms with E-state index in [0.29, 0.717) is 12.1 Å². The number of nitrogens with one attached hydrogen (secondary N) is 1. The second-order valence-electron chi connectivity index (χ2n) is 8.31. The first-order chi connectivity index (χ1) is 19.8. The van der Waals surface area contributed by atoms with Gasteiger partial charge in [-0.1, -0.05) is 13.0 Å². The first-order valence-electron chi connectivity index (χ1n) is 11.8. The van der Waals surface area contributed by atoms with Crippen molar-refractivity contribution in [3.63, 3.8) is 0 Å². The van der Waals surface area contributed by atoms with Gasteiger partial charge in [0, 0.05) is 36.6 Å². The molecular weight excluding hydrogens is 589 g/mol. The Kier molecular flexibility index (Phi) is 8.56. The second kappa shape index (κ2) is 11.9. The number of amides is 1. The summed E-state index contributed by atoms with van der Waals surface area (Å²) >= 11 is 0. The standard InChI is InChI=1S/C26H20F5N5O5S/c1-3-24(37)36(23-8-6-16(14-34-23)42(38,39)35-25-32-9-4-10-33-25)20-13-19(28)17(12-22(20)40-2)15-5-7-18(27)21(11-15)41-26(29,30)31/h4-14H,3H2,1-2H3,(H,32,33,35). The van der Waals surface area contributed by atoms with Crippen molar-refractivity contribution in [2.45, 2.75) is 24.6 Å². The topological polar surface area (TPSA) is 124 Å². The molecule has 0 spiro atoms. The van der Waals surface area contributed by atoms with Gasteiger partial charge in [-0.25, -0.2) is 36.9 Å². The van der Waals surface area contributed by atoms with Crippen LogP contribution in [0.4, 0.5) is 39.4 Å². The molecule has 2 heterocycles. The van der Waals surface area contributed by atoms with Gasteiger partial charge in [0.15, 0.2) is 11.6 Å². The Morgan fingerprint density at radius 1 is 0.976 bits per heavy atom.